The van der Waals surface area contributed by atoms with Gasteiger partial charge in [0.15, 0.2) is 5.78 Å². The smallest absolute Gasteiger partial charge is 0.165 e. The van der Waals surface area contributed by atoms with Crippen molar-refractivity contribution in [2.24, 2.45) is 0 Å². The molecule has 0 aliphatic heterocycles. The molecule has 0 saturated carbocycles. The van der Waals surface area contributed by atoms with Crippen LogP contribution in [0.3, 0.4) is 0 Å². The van der Waals surface area contributed by atoms with E-state index in [1.807, 2.05) is 30.3 Å². The summed E-state index contributed by atoms with van der Waals surface area (Å²) in [6, 6.07) is 12.7. The zero-order valence-electron chi connectivity index (χ0n) is 10.4. The Bertz CT molecular complexity index is 564. The van der Waals surface area contributed by atoms with E-state index >= 15 is 0 Å². The van der Waals surface area contributed by atoms with E-state index in [0.29, 0.717) is 6.42 Å². The molecule has 0 bridgehead atoms. The second-order valence-corrected chi connectivity index (χ2v) is 4.39. The fourth-order valence-electron chi connectivity index (χ4n) is 1.94. The molecule has 0 aliphatic rings. The summed E-state index contributed by atoms with van der Waals surface area (Å²) in [7, 11) is 0. The van der Waals surface area contributed by atoms with Gasteiger partial charge in [-0.1, -0.05) is 30.3 Å². The molecule has 0 N–H and O–H groups in total. The second kappa shape index (κ2) is 6.23. The first kappa shape index (κ1) is 13.4. The number of benzene rings is 2. The second-order valence-electron chi connectivity index (χ2n) is 4.39. The maximum atomic E-state index is 13.4. The molecule has 0 aromatic heterocycles. The van der Waals surface area contributed by atoms with E-state index in [0.717, 1.165) is 30.2 Å². The van der Waals surface area contributed by atoms with E-state index in [1.54, 1.807) is 0 Å². The van der Waals surface area contributed by atoms with Crippen LogP contribution in [0.4, 0.5) is 8.78 Å². The van der Waals surface area contributed by atoms with Gasteiger partial charge in [0.2, 0.25) is 0 Å². The third kappa shape index (κ3) is 3.71. The number of hydrogen-bond acceptors (Lipinski definition) is 1. The first-order chi connectivity index (χ1) is 9.16. The number of carbonyl (C=O) groups excluding carboxylic acids is 1. The summed E-state index contributed by atoms with van der Waals surface area (Å²) in [5, 5.41) is 0. The fourth-order valence-corrected chi connectivity index (χ4v) is 1.94. The lowest BCUT2D eigenvalue weighted by Gasteiger charge is -2.03. The Morgan fingerprint density at radius 2 is 1.74 bits per heavy atom. The van der Waals surface area contributed by atoms with Gasteiger partial charge in [-0.3, -0.25) is 4.79 Å². The molecular weight excluding hydrogens is 246 g/mol. The molecule has 0 radical (unpaired) electrons. The highest BCUT2D eigenvalue weighted by molar-refractivity contribution is 5.96. The summed E-state index contributed by atoms with van der Waals surface area (Å²) < 4.78 is 26.4. The van der Waals surface area contributed by atoms with Gasteiger partial charge in [0.05, 0.1) is 5.56 Å². The van der Waals surface area contributed by atoms with Crippen LogP contribution in [-0.4, -0.2) is 5.78 Å². The molecule has 0 amide bonds. The molecule has 0 aliphatic carbocycles. The summed E-state index contributed by atoms with van der Waals surface area (Å²) in [5.74, 6) is -1.60. The maximum absolute atomic E-state index is 13.4. The SMILES string of the molecule is O=C(CCCc1ccccc1)c1cc(F)ccc1F. The minimum absolute atomic E-state index is 0.159. The molecule has 1 nitrogen and oxygen atoms in total. The summed E-state index contributed by atoms with van der Waals surface area (Å²) in [6.45, 7) is 0. The minimum atomic E-state index is -0.661. The van der Waals surface area contributed by atoms with Crippen LogP contribution >= 0.6 is 0 Å². The molecule has 0 atom stereocenters. The van der Waals surface area contributed by atoms with Crippen LogP contribution in [-0.2, 0) is 6.42 Å². The molecule has 2 aromatic rings. The average Bonchev–Trinajstić information content (AvgIpc) is 2.42. The number of Topliss-reactive ketones (excluding diaryl/α,β-unsaturated/α-hetero) is 1. The van der Waals surface area contributed by atoms with Crippen molar-refractivity contribution in [1.82, 2.24) is 0 Å². The van der Waals surface area contributed by atoms with Gasteiger partial charge in [0.1, 0.15) is 11.6 Å². The van der Waals surface area contributed by atoms with Crippen molar-refractivity contribution in [3.05, 3.63) is 71.3 Å². The van der Waals surface area contributed by atoms with Gasteiger partial charge < -0.3 is 0 Å². The Hall–Kier alpha value is -2.03. The zero-order chi connectivity index (χ0) is 13.7. The third-order valence-electron chi connectivity index (χ3n) is 2.94. The highest BCUT2D eigenvalue weighted by atomic mass is 19.1. The van der Waals surface area contributed by atoms with Gasteiger partial charge in [0, 0.05) is 6.42 Å². The van der Waals surface area contributed by atoms with Gasteiger partial charge in [0.25, 0.3) is 0 Å². The van der Waals surface area contributed by atoms with Crippen LogP contribution < -0.4 is 0 Å². The molecule has 0 spiro atoms. The number of carbonyl (C=O) groups is 1. The number of halogens is 2. The summed E-state index contributed by atoms with van der Waals surface area (Å²) in [6.07, 6.45) is 1.59. The Morgan fingerprint density at radius 3 is 2.47 bits per heavy atom. The van der Waals surface area contributed by atoms with Crippen LogP contribution in [0.2, 0.25) is 0 Å². The van der Waals surface area contributed by atoms with Gasteiger partial charge >= 0.3 is 0 Å². The Morgan fingerprint density at radius 1 is 1.00 bits per heavy atom. The number of hydrogen-bond donors (Lipinski definition) is 0. The van der Waals surface area contributed by atoms with Gasteiger partial charge in [-0.05, 0) is 36.6 Å². The van der Waals surface area contributed by atoms with Crippen molar-refractivity contribution in [2.45, 2.75) is 19.3 Å². The average molecular weight is 260 g/mol. The molecular formula is C16H14F2O. The highest BCUT2D eigenvalue weighted by Crippen LogP contribution is 2.14. The third-order valence-corrected chi connectivity index (χ3v) is 2.94. The topological polar surface area (TPSA) is 17.1 Å². The summed E-state index contributed by atoms with van der Waals surface area (Å²) >= 11 is 0. The molecule has 0 unspecified atom stereocenters. The lowest BCUT2D eigenvalue weighted by molar-refractivity contribution is 0.0976. The number of aryl methyl sites for hydroxylation is 1. The van der Waals surface area contributed by atoms with Gasteiger partial charge in [-0.25, -0.2) is 8.78 Å². The monoisotopic (exact) mass is 260 g/mol. The lowest BCUT2D eigenvalue weighted by atomic mass is 10.0. The predicted molar refractivity (Wildman–Crippen MR) is 70.1 cm³/mol. The number of rotatable bonds is 5. The van der Waals surface area contributed by atoms with Crippen molar-refractivity contribution >= 4 is 5.78 Å². The van der Waals surface area contributed by atoms with Crippen molar-refractivity contribution < 1.29 is 13.6 Å². The van der Waals surface area contributed by atoms with E-state index in [4.69, 9.17) is 0 Å². The van der Waals surface area contributed by atoms with Crippen LogP contribution in [0.1, 0.15) is 28.8 Å². The molecule has 2 rings (SSSR count). The van der Waals surface area contributed by atoms with Crippen molar-refractivity contribution in [1.29, 1.82) is 0 Å². The molecule has 3 heteroatoms. The summed E-state index contributed by atoms with van der Waals surface area (Å²) in [4.78, 5) is 11.8. The predicted octanol–water partition coefficient (Wildman–Crippen LogP) is 4.17. The fraction of sp³-hybridized carbons (Fsp3) is 0.188. The van der Waals surface area contributed by atoms with Crippen LogP contribution in [0.25, 0.3) is 0 Å². The van der Waals surface area contributed by atoms with Gasteiger partial charge in [-0.15, -0.1) is 0 Å². The normalized spacial score (nSPS) is 10.4. The molecule has 0 heterocycles. The largest absolute Gasteiger partial charge is 0.294 e. The van der Waals surface area contributed by atoms with Crippen LogP contribution in [0, 0.1) is 11.6 Å². The van der Waals surface area contributed by atoms with E-state index in [9.17, 15) is 13.6 Å². The standard InChI is InChI=1S/C16H14F2O/c17-13-9-10-15(18)14(11-13)16(19)8-4-7-12-5-2-1-3-6-12/h1-3,5-6,9-11H,4,7-8H2. The Labute approximate surface area is 110 Å². The van der Waals surface area contributed by atoms with E-state index in [-0.39, 0.29) is 17.8 Å². The van der Waals surface area contributed by atoms with Crippen LogP contribution in [0.15, 0.2) is 48.5 Å². The van der Waals surface area contributed by atoms with Gasteiger partial charge in [-0.2, -0.15) is 0 Å². The molecule has 2 aromatic carbocycles. The number of ketones is 1. The highest BCUT2D eigenvalue weighted by Gasteiger charge is 2.12. The first-order valence-corrected chi connectivity index (χ1v) is 6.19. The van der Waals surface area contributed by atoms with Crippen molar-refractivity contribution in [3.8, 4) is 0 Å². The quantitative estimate of drug-likeness (QED) is 0.737. The minimum Gasteiger partial charge on any atom is -0.294 e. The molecule has 0 fully saturated rings. The van der Waals surface area contributed by atoms with Crippen LogP contribution in [0.5, 0.6) is 0 Å². The van der Waals surface area contributed by atoms with E-state index < -0.39 is 11.6 Å². The summed E-state index contributed by atoms with van der Waals surface area (Å²) in [5.41, 5.74) is 0.975. The maximum Gasteiger partial charge on any atom is 0.165 e. The molecule has 0 saturated heterocycles. The zero-order valence-corrected chi connectivity index (χ0v) is 10.4. The van der Waals surface area contributed by atoms with E-state index in [2.05, 4.69) is 0 Å². The molecule has 19 heavy (non-hydrogen) atoms. The van der Waals surface area contributed by atoms with Crippen molar-refractivity contribution in [2.75, 3.05) is 0 Å². The van der Waals surface area contributed by atoms with Crippen molar-refractivity contribution in [3.63, 3.8) is 0 Å². The van der Waals surface area contributed by atoms with E-state index in [1.165, 1.54) is 0 Å². The Kier molecular flexibility index (Phi) is 4.39. The Balaban J connectivity index is 1.93. The molecule has 98 valence electrons. The lowest BCUT2D eigenvalue weighted by Crippen LogP contribution is -2.03. The first-order valence-electron chi connectivity index (χ1n) is 6.19.